The van der Waals surface area contributed by atoms with Crippen LogP contribution in [0.2, 0.25) is 10.0 Å². The molecule has 2 aromatic carbocycles. The van der Waals surface area contributed by atoms with Crippen molar-refractivity contribution in [2.75, 3.05) is 10.6 Å². The summed E-state index contributed by atoms with van der Waals surface area (Å²) < 4.78 is 0. The highest BCUT2D eigenvalue weighted by Gasteiger charge is 2.24. The number of aryl methyl sites for hydroxylation is 1. The molecule has 0 saturated heterocycles. The zero-order valence-corrected chi connectivity index (χ0v) is 18.3. The molecule has 2 aromatic rings. The first-order valence-electron chi connectivity index (χ1n) is 9.80. The van der Waals surface area contributed by atoms with Gasteiger partial charge in [-0.25, -0.2) is 0 Å². The van der Waals surface area contributed by atoms with Gasteiger partial charge >= 0.3 is 0 Å². The van der Waals surface area contributed by atoms with Gasteiger partial charge in [0.05, 0.1) is 16.3 Å². The van der Waals surface area contributed by atoms with E-state index in [1.807, 2.05) is 13.8 Å². The van der Waals surface area contributed by atoms with E-state index in [9.17, 15) is 14.4 Å². The topological polar surface area (TPSA) is 87.3 Å². The van der Waals surface area contributed by atoms with Crippen LogP contribution in [-0.2, 0) is 4.79 Å². The number of anilines is 2. The van der Waals surface area contributed by atoms with Crippen molar-refractivity contribution in [3.8, 4) is 0 Å². The SMILES string of the molecule is CCCC(=O)Nc1c(Cl)cc(Cl)cc1C(=O)Nc1cc(C(=O)NC2CC2)ccc1C. The molecule has 3 amide bonds. The number of benzene rings is 2. The van der Waals surface area contributed by atoms with Crippen LogP contribution in [0.5, 0.6) is 0 Å². The Hall–Kier alpha value is -2.57. The highest BCUT2D eigenvalue weighted by molar-refractivity contribution is 6.38. The van der Waals surface area contributed by atoms with E-state index in [0.717, 1.165) is 18.4 Å². The van der Waals surface area contributed by atoms with Crippen molar-refractivity contribution in [1.29, 1.82) is 0 Å². The maximum Gasteiger partial charge on any atom is 0.257 e. The smallest absolute Gasteiger partial charge is 0.257 e. The Morgan fingerprint density at radius 3 is 2.43 bits per heavy atom. The van der Waals surface area contributed by atoms with Gasteiger partial charge in [-0.2, -0.15) is 0 Å². The summed E-state index contributed by atoms with van der Waals surface area (Å²) in [5.41, 5.74) is 2.09. The summed E-state index contributed by atoms with van der Waals surface area (Å²) in [6.45, 7) is 3.71. The number of halogens is 2. The minimum atomic E-state index is -0.492. The van der Waals surface area contributed by atoms with Crippen LogP contribution >= 0.6 is 23.2 Å². The summed E-state index contributed by atoms with van der Waals surface area (Å²) in [5.74, 6) is -0.911. The lowest BCUT2D eigenvalue weighted by molar-refractivity contribution is -0.116. The molecule has 1 aliphatic carbocycles. The van der Waals surface area contributed by atoms with Gasteiger partial charge in [-0.15, -0.1) is 0 Å². The Morgan fingerprint density at radius 1 is 1.03 bits per heavy atom. The van der Waals surface area contributed by atoms with Gasteiger partial charge in [-0.1, -0.05) is 36.2 Å². The van der Waals surface area contributed by atoms with Gasteiger partial charge in [0.25, 0.3) is 11.8 Å². The molecule has 3 rings (SSSR count). The molecule has 0 aromatic heterocycles. The molecule has 0 unspecified atom stereocenters. The second-order valence-corrected chi connectivity index (χ2v) is 8.18. The van der Waals surface area contributed by atoms with E-state index < -0.39 is 5.91 Å². The number of carbonyl (C=O) groups excluding carboxylic acids is 3. The zero-order valence-electron chi connectivity index (χ0n) is 16.8. The lowest BCUT2D eigenvalue weighted by Crippen LogP contribution is -2.25. The molecular formula is C22H23Cl2N3O3. The molecule has 30 heavy (non-hydrogen) atoms. The van der Waals surface area contributed by atoms with E-state index in [2.05, 4.69) is 16.0 Å². The lowest BCUT2D eigenvalue weighted by atomic mass is 10.1. The summed E-state index contributed by atoms with van der Waals surface area (Å²) in [6, 6.07) is 8.27. The molecule has 6 nitrogen and oxygen atoms in total. The third kappa shape index (κ3) is 5.52. The molecule has 0 radical (unpaired) electrons. The van der Waals surface area contributed by atoms with Gasteiger partial charge in [0.15, 0.2) is 0 Å². The zero-order chi connectivity index (χ0) is 21.8. The number of carbonyl (C=O) groups is 3. The maximum atomic E-state index is 13.0. The summed E-state index contributed by atoms with van der Waals surface area (Å²) in [6.07, 6.45) is 2.94. The van der Waals surface area contributed by atoms with Crippen LogP contribution in [-0.4, -0.2) is 23.8 Å². The molecule has 0 aliphatic heterocycles. The van der Waals surface area contributed by atoms with E-state index in [4.69, 9.17) is 23.2 Å². The van der Waals surface area contributed by atoms with Crippen LogP contribution in [0.3, 0.4) is 0 Å². The number of nitrogens with one attached hydrogen (secondary N) is 3. The molecular weight excluding hydrogens is 425 g/mol. The van der Waals surface area contributed by atoms with Crippen molar-refractivity contribution < 1.29 is 14.4 Å². The normalized spacial score (nSPS) is 12.9. The highest BCUT2D eigenvalue weighted by atomic mass is 35.5. The molecule has 8 heteroatoms. The van der Waals surface area contributed by atoms with Gasteiger partial charge in [0.2, 0.25) is 5.91 Å². The van der Waals surface area contributed by atoms with E-state index in [1.165, 1.54) is 12.1 Å². The Bertz CT molecular complexity index is 1000. The van der Waals surface area contributed by atoms with Crippen LogP contribution < -0.4 is 16.0 Å². The standard InChI is InChI=1S/C22H23Cl2N3O3/c1-3-4-19(28)27-20-16(10-14(23)11-17(20)24)22(30)26-18-9-13(6-5-12(18)2)21(29)25-15-7-8-15/h5-6,9-11,15H,3-4,7-8H2,1-2H3,(H,25,29)(H,26,30)(H,27,28). The number of hydrogen-bond donors (Lipinski definition) is 3. The van der Waals surface area contributed by atoms with E-state index in [-0.39, 0.29) is 39.2 Å². The second kappa shape index (κ2) is 9.49. The molecule has 1 aliphatic rings. The molecule has 0 bridgehead atoms. The number of hydrogen-bond acceptors (Lipinski definition) is 3. The van der Waals surface area contributed by atoms with Crippen LogP contribution in [0.4, 0.5) is 11.4 Å². The van der Waals surface area contributed by atoms with Crippen molar-refractivity contribution in [2.24, 2.45) is 0 Å². The quantitative estimate of drug-likeness (QED) is 0.545. The van der Waals surface area contributed by atoms with Crippen molar-refractivity contribution in [3.05, 3.63) is 57.1 Å². The number of amides is 3. The molecule has 158 valence electrons. The van der Waals surface area contributed by atoms with E-state index in [1.54, 1.807) is 18.2 Å². The van der Waals surface area contributed by atoms with E-state index >= 15 is 0 Å². The predicted molar refractivity (Wildman–Crippen MR) is 120 cm³/mol. The Balaban J connectivity index is 1.86. The Labute approximate surface area is 185 Å². The summed E-state index contributed by atoms with van der Waals surface area (Å²) in [5, 5.41) is 8.86. The minimum absolute atomic E-state index is 0.143. The summed E-state index contributed by atoms with van der Waals surface area (Å²) >= 11 is 12.3. The maximum absolute atomic E-state index is 13.0. The van der Waals surface area contributed by atoms with Crippen LogP contribution in [0.15, 0.2) is 30.3 Å². The molecule has 0 heterocycles. The Morgan fingerprint density at radius 2 is 1.77 bits per heavy atom. The first kappa shape index (κ1) is 22.1. The fourth-order valence-corrected chi connectivity index (χ4v) is 3.43. The Kier molecular flexibility index (Phi) is 7.00. The highest BCUT2D eigenvalue weighted by Crippen LogP contribution is 2.31. The molecule has 1 fully saturated rings. The second-order valence-electron chi connectivity index (χ2n) is 7.34. The van der Waals surface area contributed by atoms with Crippen LogP contribution in [0.1, 0.15) is 58.9 Å². The van der Waals surface area contributed by atoms with E-state index in [0.29, 0.717) is 24.1 Å². The monoisotopic (exact) mass is 447 g/mol. The average molecular weight is 448 g/mol. The predicted octanol–water partition coefficient (Wildman–Crippen LogP) is 5.18. The molecule has 0 atom stereocenters. The van der Waals surface area contributed by atoms with Crippen molar-refractivity contribution in [3.63, 3.8) is 0 Å². The van der Waals surface area contributed by atoms with Gasteiger partial charge in [-0.05, 0) is 56.0 Å². The third-order valence-electron chi connectivity index (χ3n) is 4.70. The van der Waals surface area contributed by atoms with Gasteiger partial charge < -0.3 is 16.0 Å². The largest absolute Gasteiger partial charge is 0.349 e. The first-order chi connectivity index (χ1) is 14.3. The first-order valence-corrected chi connectivity index (χ1v) is 10.6. The van der Waals surface area contributed by atoms with Gasteiger partial charge in [0, 0.05) is 28.7 Å². The van der Waals surface area contributed by atoms with Gasteiger partial charge in [0.1, 0.15) is 0 Å². The van der Waals surface area contributed by atoms with Crippen LogP contribution in [0.25, 0.3) is 0 Å². The summed E-state index contributed by atoms with van der Waals surface area (Å²) in [7, 11) is 0. The minimum Gasteiger partial charge on any atom is -0.349 e. The number of rotatable bonds is 7. The fraction of sp³-hybridized carbons (Fsp3) is 0.318. The van der Waals surface area contributed by atoms with Crippen molar-refractivity contribution in [1.82, 2.24) is 5.32 Å². The van der Waals surface area contributed by atoms with Crippen LogP contribution in [0, 0.1) is 6.92 Å². The third-order valence-corrected chi connectivity index (χ3v) is 5.22. The average Bonchev–Trinajstić information content (AvgIpc) is 3.49. The van der Waals surface area contributed by atoms with Crippen molar-refractivity contribution >= 4 is 52.3 Å². The molecule has 0 spiro atoms. The molecule has 1 saturated carbocycles. The molecule has 3 N–H and O–H groups in total. The lowest BCUT2D eigenvalue weighted by Gasteiger charge is -2.15. The van der Waals surface area contributed by atoms with Crippen molar-refractivity contribution in [2.45, 2.75) is 45.6 Å². The fourth-order valence-electron chi connectivity index (χ4n) is 2.89. The van der Waals surface area contributed by atoms with Gasteiger partial charge in [-0.3, -0.25) is 14.4 Å². The summed E-state index contributed by atoms with van der Waals surface area (Å²) in [4.78, 5) is 37.4.